The molecule has 9 nitrogen and oxygen atoms in total. The Labute approximate surface area is 163 Å². The van der Waals surface area contributed by atoms with Crippen molar-refractivity contribution in [2.45, 2.75) is 56.8 Å². The van der Waals surface area contributed by atoms with Crippen LogP contribution in [0.25, 0.3) is 0 Å². The van der Waals surface area contributed by atoms with E-state index in [9.17, 15) is 4.79 Å². The van der Waals surface area contributed by atoms with Gasteiger partial charge in [-0.3, -0.25) is 10.00 Å². The quantitative estimate of drug-likeness (QED) is 0.755. The third kappa shape index (κ3) is 2.81. The first kappa shape index (κ1) is 17.4. The summed E-state index contributed by atoms with van der Waals surface area (Å²) in [5.41, 5.74) is 1.17. The number of methoxy groups -OCH3 is 1. The molecule has 148 valence electrons. The normalized spacial score (nSPS) is 28.0. The number of esters is 1. The zero-order chi connectivity index (χ0) is 19.4. The monoisotopic (exact) mass is 383 g/mol. The van der Waals surface area contributed by atoms with E-state index in [0.29, 0.717) is 35.7 Å². The number of carbonyl (C=O) groups is 1. The van der Waals surface area contributed by atoms with Crippen molar-refractivity contribution in [1.82, 2.24) is 25.1 Å². The van der Waals surface area contributed by atoms with Gasteiger partial charge in [-0.05, 0) is 32.6 Å². The Kier molecular flexibility index (Phi) is 4.01. The van der Waals surface area contributed by atoms with Gasteiger partial charge in [-0.1, -0.05) is 0 Å². The molecule has 0 spiro atoms. The minimum Gasteiger partial charge on any atom is -0.464 e. The number of aromatic nitrogens is 4. The fourth-order valence-electron chi connectivity index (χ4n) is 4.95. The first-order chi connectivity index (χ1) is 13.5. The van der Waals surface area contributed by atoms with Gasteiger partial charge in [0.2, 0.25) is 5.95 Å². The van der Waals surface area contributed by atoms with Gasteiger partial charge in [0, 0.05) is 49.0 Å². The summed E-state index contributed by atoms with van der Waals surface area (Å²) in [5.74, 6) is 1.22. The molecule has 1 unspecified atom stereocenters. The van der Waals surface area contributed by atoms with Gasteiger partial charge < -0.3 is 15.0 Å². The summed E-state index contributed by atoms with van der Waals surface area (Å²) in [6, 6.07) is 6.08. The molecule has 3 aliphatic rings. The molecule has 0 aromatic carbocycles. The number of piperidine rings is 2. The molecule has 3 fully saturated rings. The van der Waals surface area contributed by atoms with Crippen LogP contribution in [0, 0.1) is 6.92 Å². The Morgan fingerprint density at radius 3 is 2.50 bits per heavy atom. The highest BCUT2D eigenvalue weighted by molar-refractivity contribution is 5.88. The van der Waals surface area contributed by atoms with E-state index in [1.807, 2.05) is 20.0 Å². The lowest BCUT2D eigenvalue weighted by atomic mass is 9.68. The van der Waals surface area contributed by atoms with E-state index in [4.69, 9.17) is 4.74 Å². The van der Waals surface area contributed by atoms with Gasteiger partial charge in [0.15, 0.2) is 11.5 Å². The average Bonchev–Trinajstić information content (AvgIpc) is 3.06. The van der Waals surface area contributed by atoms with Crippen LogP contribution >= 0.6 is 0 Å². The summed E-state index contributed by atoms with van der Waals surface area (Å²) in [5, 5.41) is 10.2. The van der Waals surface area contributed by atoms with Crippen LogP contribution in [0.5, 0.6) is 0 Å². The van der Waals surface area contributed by atoms with Crippen molar-refractivity contribution >= 4 is 23.6 Å². The van der Waals surface area contributed by atoms with Crippen molar-refractivity contribution in [2.75, 3.05) is 24.4 Å². The lowest BCUT2D eigenvalue weighted by Crippen LogP contribution is -2.74. The van der Waals surface area contributed by atoms with Crippen LogP contribution in [0.4, 0.5) is 17.6 Å². The van der Waals surface area contributed by atoms with Crippen molar-refractivity contribution in [3.8, 4) is 0 Å². The van der Waals surface area contributed by atoms with Crippen LogP contribution in [0.2, 0.25) is 0 Å². The molecule has 2 aromatic rings. The Hall–Kier alpha value is -2.68. The van der Waals surface area contributed by atoms with Crippen molar-refractivity contribution in [2.24, 2.45) is 0 Å². The topological polar surface area (TPSA) is 99.3 Å². The number of ether oxygens (including phenoxy) is 1. The summed E-state index contributed by atoms with van der Waals surface area (Å²) >= 11 is 0. The summed E-state index contributed by atoms with van der Waals surface area (Å²) in [4.78, 5) is 26.1. The van der Waals surface area contributed by atoms with Gasteiger partial charge in [0.25, 0.3) is 0 Å². The first-order valence-corrected chi connectivity index (χ1v) is 9.78. The van der Waals surface area contributed by atoms with E-state index in [2.05, 4.69) is 35.3 Å². The Morgan fingerprint density at radius 2 is 1.89 bits per heavy atom. The van der Waals surface area contributed by atoms with Crippen molar-refractivity contribution in [3.63, 3.8) is 0 Å². The largest absolute Gasteiger partial charge is 0.464 e. The molecule has 5 rings (SSSR count). The van der Waals surface area contributed by atoms with Gasteiger partial charge in [-0.2, -0.15) is 10.1 Å². The minimum absolute atomic E-state index is 0.235. The Morgan fingerprint density at radius 1 is 1.18 bits per heavy atom. The van der Waals surface area contributed by atoms with E-state index in [1.165, 1.54) is 20.0 Å². The molecule has 0 bridgehead atoms. The summed E-state index contributed by atoms with van der Waals surface area (Å²) in [7, 11) is 3.38. The first-order valence-electron chi connectivity index (χ1n) is 9.78. The van der Waals surface area contributed by atoms with Crippen LogP contribution in [0.15, 0.2) is 12.1 Å². The Bertz CT molecular complexity index is 897. The Balaban J connectivity index is 1.41. The van der Waals surface area contributed by atoms with Gasteiger partial charge in [-0.25, -0.2) is 9.78 Å². The second-order valence-electron chi connectivity index (χ2n) is 8.11. The molecule has 0 saturated carbocycles. The highest BCUT2D eigenvalue weighted by Crippen LogP contribution is 2.49. The van der Waals surface area contributed by atoms with Crippen molar-refractivity contribution < 1.29 is 9.53 Å². The van der Waals surface area contributed by atoms with Gasteiger partial charge in [0.1, 0.15) is 5.82 Å². The summed E-state index contributed by atoms with van der Waals surface area (Å²) < 4.78 is 4.89. The molecule has 4 atom stereocenters. The molecule has 0 amide bonds. The maximum Gasteiger partial charge on any atom is 0.356 e. The fraction of sp³-hybridized carbons (Fsp3) is 0.579. The molecule has 3 saturated heterocycles. The molecule has 0 radical (unpaired) electrons. The predicted octanol–water partition coefficient (Wildman–Crippen LogP) is 1.85. The third-order valence-electron chi connectivity index (χ3n) is 6.38. The maximum absolute atomic E-state index is 12.1. The molecular formula is C19H25N7O2. The molecule has 9 heteroatoms. The lowest BCUT2D eigenvalue weighted by molar-refractivity contribution is -0.148. The smallest absolute Gasteiger partial charge is 0.356 e. The van der Waals surface area contributed by atoms with Crippen LogP contribution in [0.3, 0.4) is 0 Å². The summed E-state index contributed by atoms with van der Waals surface area (Å²) in [6.45, 7) is 1.93. The van der Waals surface area contributed by atoms with Crippen molar-refractivity contribution in [3.05, 3.63) is 23.5 Å². The number of H-pyrrole nitrogens is 1. The molecule has 3 aliphatic heterocycles. The molecular weight excluding hydrogens is 358 g/mol. The van der Waals surface area contributed by atoms with Crippen LogP contribution in [-0.4, -0.2) is 69.4 Å². The number of rotatable bonds is 5. The number of hydrogen-bond acceptors (Lipinski definition) is 8. The highest BCUT2D eigenvalue weighted by atomic mass is 16.5. The molecule has 2 N–H and O–H groups in total. The van der Waals surface area contributed by atoms with Gasteiger partial charge >= 0.3 is 5.97 Å². The van der Waals surface area contributed by atoms with Crippen LogP contribution < -0.4 is 10.2 Å². The predicted molar refractivity (Wildman–Crippen MR) is 104 cm³/mol. The second-order valence-corrected chi connectivity index (χ2v) is 8.11. The zero-order valence-electron chi connectivity index (χ0n) is 16.3. The molecule has 28 heavy (non-hydrogen) atoms. The van der Waals surface area contributed by atoms with E-state index in [-0.39, 0.29) is 5.69 Å². The second kappa shape index (κ2) is 6.44. The fourth-order valence-corrected chi connectivity index (χ4v) is 4.95. The molecule has 5 heterocycles. The molecule has 0 aliphatic carbocycles. The number of nitrogens with one attached hydrogen (secondary N) is 2. The number of aromatic amines is 1. The number of aryl methyl sites for hydroxylation is 1. The van der Waals surface area contributed by atoms with Gasteiger partial charge in [-0.15, -0.1) is 0 Å². The maximum atomic E-state index is 12.1. The lowest BCUT2D eigenvalue weighted by Gasteiger charge is -2.66. The third-order valence-corrected chi connectivity index (χ3v) is 6.38. The van der Waals surface area contributed by atoms with Crippen LogP contribution in [0.1, 0.15) is 41.9 Å². The SMILES string of the molecule is COC(=O)c1cc(Nc2cc(C)[nH]n2)nc(N(C)[C@@H]2C[C@H]3CC4C[C@@H](C2)N43)n1. The van der Waals surface area contributed by atoms with E-state index < -0.39 is 5.97 Å². The van der Waals surface area contributed by atoms with E-state index in [1.54, 1.807) is 6.07 Å². The highest BCUT2D eigenvalue weighted by Gasteiger charge is 2.55. The number of nitrogens with zero attached hydrogens (tertiary/aromatic N) is 5. The van der Waals surface area contributed by atoms with E-state index >= 15 is 0 Å². The molecule has 2 aromatic heterocycles. The van der Waals surface area contributed by atoms with Crippen molar-refractivity contribution in [1.29, 1.82) is 0 Å². The standard InChI is InChI=1S/C19H25N7O2/c1-10-4-17(24-23-10)21-16-9-15(18(27)28-3)20-19(22-16)25(2)11-5-12-7-14-8-13(6-11)26(12)14/h4,9,11-14H,5-8H2,1-3H3,(H2,20,21,22,23,24)/t11-,12+,13-,14?. The number of anilines is 3. The van der Waals surface area contributed by atoms with Crippen LogP contribution in [-0.2, 0) is 4.74 Å². The average molecular weight is 383 g/mol. The number of hydrogen-bond donors (Lipinski definition) is 2. The minimum atomic E-state index is -0.478. The zero-order valence-corrected chi connectivity index (χ0v) is 16.3. The summed E-state index contributed by atoms with van der Waals surface area (Å²) in [6.07, 6.45) is 4.87. The number of carbonyl (C=O) groups excluding carboxylic acids is 1. The van der Waals surface area contributed by atoms with E-state index in [0.717, 1.165) is 24.6 Å². The van der Waals surface area contributed by atoms with Gasteiger partial charge in [0.05, 0.1) is 7.11 Å².